The maximum Gasteiger partial charge on any atom is 0.220 e. The van der Waals surface area contributed by atoms with Gasteiger partial charge in [0.15, 0.2) is 0 Å². The largest absolute Gasteiger partial charge is 0.394 e. The number of carbonyl (C=O) groups is 1. The van der Waals surface area contributed by atoms with Gasteiger partial charge < -0.3 is 15.5 Å². The molecule has 0 aliphatic rings. The maximum absolute atomic E-state index is 12.3. The molecule has 0 bridgehead atoms. The number of allylic oxidation sites excluding steroid dienone is 4. The van der Waals surface area contributed by atoms with Crippen LogP contribution in [0.15, 0.2) is 24.3 Å². The predicted molar refractivity (Wildman–Crippen MR) is 230 cm³/mol. The van der Waals surface area contributed by atoms with Crippen molar-refractivity contribution in [3.05, 3.63) is 24.3 Å². The van der Waals surface area contributed by atoms with Gasteiger partial charge in [0.05, 0.1) is 18.8 Å². The van der Waals surface area contributed by atoms with E-state index in [1.165, 1.54) is 199 Å². The van der Waals surface area contributed by atoms with E-state index in [1.807, 2.05) is 0 Å². The van der Waals surface area contributed by atoms with E-state index in [9.17, 15) is 15.0 Å². The highest BCUT2D eigenvalue weighted by molar-refractivity contribution is 5.76. The van der Waals surface area contributed by atoms with Crippen molar-refractivity contribution in [3.63, 3.8) is 0 Å². The van der Waals surface area contributed by atoms with Crippen LogP contribution in [0, 0.1) is 0 Å². The van der Waals surface area contributed by atoms with Crippen molar-refractivity contribution in [3.8, 4) is 0 Å². The normalized spacial score (nSPS) is 13.1. The summed E-state index contributed by atoms with van der Waals surface area (Å²) in [5.41, 5.74) is 0. The van der Waals surface area contributed by atoms with Gasteiger partial charge >= 0.3 is 0 Å². The number of hydrogen-bond donors (Lipinski definition) is 3. The molecular weight excluding hydrogens is 639 g/mol. The van der Waals surface area contributed by atoms with Crippen molar-refractivity contribution in [2.75, 3.05) is 6.61 Å². The molecule has 0 aliphatic carbocycles. The summed E-state index contributed by atoms with van der Waals surface area (Å²) in [7, 11) is 0. The zero-order chi connectivity index (χ0) is 37.8. The molecule has 0 saturated heterocycles. The Morgan fingerprint density at radius 2 is 0.788 bits per heavy atom. The number of carbonyl (C=O) groups excluding carboxylic acids is 1. The minimum Gasteiger partial charge on any atom is -0.394 e. The van der Waals surface area contributed by atoms with E-state index in [-0.39, 0.29) is 12.5 Å². The van der Waals surface area contributed by atoms with Gasteiger partial charge in [0.1, 0.15) is 0 Å². The van der Waals surface area contributed by atoms with Gasteiger partial charge in [0.25, 0.3) is 0 Å². The summed E-state index contributed by atoms with van der Waals surface area (Å²) >= 11 is 0. The van der Waals surface area contributed by atoms with Crippen molar-refractivity contribution in [2.45, 2.75) is 270 Å². The topological polar surface area (TPSA) is 69.6 Å². The fraction of sp³-hybridized carbons (Fsp3) is 0.896. The van der Waals surface area contributed by atoms with Gasteiger partial charge in [-0.25, -0.2) is 0 Å². The molecular formula is C48H93NO3. The van der Waals surface area contributed by atoms with E-state index >= 15 is 0 Å². The molecule has 0 heterocycles. The van der Waals surface area contributed by atoms with Crippen LogP contribution in [0.4, 0.5) is 0 Å². The second-order valence-corrected chi connectivity index (χ2v) is 16.2. The summed E-state index contributed by atoms with van der Waals surface area (Å²) in [6.07, 6.45) is 57.5. The highest BCUT2D eigenvalue weighted by Gasteiger charge is 2.19. The Bertz CT molecular complexity index is 750. The third-order valence-corrected chi connectivity index (χ3v) is 11.0. The number of aliphatic hydroxyl groups excluding tert-OH is 2. The summed E-state index contributed by atoms with van der Waals surface area (Å²) in [6, 6.07) is -0.528. The SMILES string of the molecule is CCCCCCC/C=C\C/C=C\CCCCCCCCCCCCCCCCCCCCCCCCCC(=O)NC(CO)C(O)CCCCCCC. The molecule has 2 unspecified atom stereocenters. The molecule has 0 aromatic heterocycles. The zero-order valence-electron chi connectivity index (χ0n) is 35.3. The Hall–Kier alpha value is -1.13. The van der Waals surface area contributed by atoms with Crippen LogP contribution in [0.25, 0.3) is 0 Å². The van der Waals surface area contributed by atoms with Crippen molar-refractivity contribution in [1.29, 1.82) is 0 Å². The zero-order valence-corrected chi connectivity index (χ0v) is 35.3. The summed E-state index contributed by atoms with van der Waals surface area (Å²) in [4.78, 5) is 12.3. The minimum absolute atomic E-state index is 0.0347. The highest BCUT2D eigenvalue weighted by Crippen LogP contribution is 2.16. The predicted octanol–water partition coefficient (Wildman–Crippen LogP) is 14.8. The fourth-order valence-corrected chi connectivity index (χ4v) is 7.33. The molecule has 1 amide bonds. The molecule has 0 saturated carbocycles. The Morgan fingerprint density at radius 1 is 0.462 bits per heavy atom. The van der Waals surface area contributed by atoms with Gasteiger partial charge in [0, 0.05) is 6.42 Å². The van der Waals surface area contributed by atoms with Gasteiger partial charge in [-0.3, -0.25) is 4.79 Å². The van der Waals surface area contributed by atoms with E-state index in [4.69, 9.17) is 0 Å². The Balaban J connectivity index is 3.30. The number of amides is 1. The molecule has 0 aliphatic heterocycles. The Kier molecular flexibility index (Phi) is 43.3. The second-order valence-electron chi connectivity index (χ2n) is 16.2. The minimum atomic E-state index is -0.652. The van der Waals surface area contributed by atoms with Crippen LogP contribution in [-0.4, -0.2) is 34.9 Å². The van der Waals surface area contributed by atoms with Crippen LogP contribution in [0.3, 0.4) is 0 Å². The van der Waals surface area contributed by atoms with Crippen LogP contribution in [0.1, 0.15) is 258 Å². The van der Waals surface area contributed by atoms with Crippen LogP contribution in [0.5, 0.6) is 0 Å². The Labute approximate surface area is 326 Å². The third-order valence-electron chi connectivity index (χ3n) is 11.0. The van der Waals surface area contributed by atoms with E-state index < -0.39 is 12.1 Å². The van der Waals surface area contributed by atoms with Gasteiger partial charge in [-0.2, -0.15) is 0 Å². The first-order valence-electron chi connectivity index (χ1n) is 23.5. The van der Waals surface area contributed by atoms with Crippen molar-refractivity contribution in [1.82, 2.24) is 5.32 Å². The standard InChI is InChI=1S/C48H93NO3/c1-3-5-7-9-10-11-12-13-14-15-16-17-18-19-20-21-22-23-24-25-26-27-28-29-30-31-32-33-34-35-36-37-38-40-42-44-48(52)49-46(45-50)47(51)43-41-39-8-6-4-2/h12-13,15-16,46-47,50-51H,3-11,14,17-45H2,1-2H3,(H,49,52)/b13-12-,16-15-. The van der Waals surface area contributed by atoms with Gasteiger partial charge in [0.2, 0.25) is 5.91 Å². The van der Waals surface area contributed by atoms with Crippen molar-refractivity contribution >= 4 is 5.91 Å². The number of rotatable bonds is 43. The first-order valence-corrected chi connectivity index (χ1v) is 23.5. The molecule has 0 spiro atoms. The summed E-state index contributed by atoms with van der Waals surface area (Å²) < 4.78 is 0. The summed E-state index contributed by atoms with van der Waals surface area (Å²) in [5, 5.41) is 22.8. The molecule has 0 fully saturated rings. The monoisotopic (exact) mass is 732 g/mol. The Morgan fingerprint density at radius 3 is 1.15 bits per heavy atom. The van der Waals surface area contributed by atoms with Crippen LogP contribution in [-0.2, 0) is 4.79 Å². The first-order chi connectivity index (χ1) is 25.7. The van der Waals surface area contributed by atoms with E-state index in [0.717, 1.165) is 32.1 Å². The molecule has 0 aromatic carbocycles. The van der Waals surface area contributed by atoms with Crippen LogP contribution < -0.4 is 5.32 Å². The van der Waals surface area contributed by atoms with Gasteiger partial charge in [-0.15, -0.1) is 0 Å². The average Bonchev–Trinajstić information content (AvgIpc) is 3.15. The summed E-state index contributed by atoms with van der Waals surface area (Å²) in [5.74, 6) is -0.0347. The molecule has 0 radical (unpaired) electrons. The molecule has 308 valence electrons. The lowest BCUT2D eigenvalue weighted by Crippen LogP contribution is -2.45. The first kappa shape index (κ1) is 50.9. The lowest BCUT2D eigenvalue weighted by atomic mass is 10.0. The smallest absolute Gasteiger partial charge is 0.220 e. The number of aliphatic hydroxyl groups is 2. The van der Waals surface area contributed by atoms with Gasteiger partial charge in [-0.05, 0) is 44.9 Å². The van der Waals surface area contributed by atoms with Gasteiger partial charge in [-0.1, -0.05) is 231 Å². The molecule has 3 N–H and O–H groups in total. The summed E-state index contributed by atoms with van der Waals surface area (Å²) in [6.45, 7) is 4.28. The van der Waals surface area contributed by atoms with Crippen molar-refractivity contribution < 1.29 is 15.0 Å². The lowest BCUT2D eigenvalue weighted by molar-refractivity contribution is -0.123. The van der Waals surface area contributed by atoms with Crippen molar-refractivity contribution in [2.24, 2.45) is 0 Å². The molecule has 4 heteroatoms. The van der Waals surface area contributed by atoms with E-state index in [2.05, 4.69) is 43.5 Å². The third kappa shape index (κ3) is 40.1. The molecule has 2 atom stereocenters. The average molecular weight is 732 g/mol. The van der Waals surface area contributed by atoms with E-state index in [1.54, 1.807) is 0 Å². The number of nitrogens with one attached hydrogen (secondary N) is 1. The van der Waals surface area contributed by atoms with Crippen LogP contribution in [0.2, 0.25) is 0 Å². The maximum atomic E-state index is 12.3. The second kappa shape index (κ2) is 44.3. The highest BCUT2D eigenvalue weighted by atomic mass is 16.3. The number of hydrogen-bond acceptors (Lipinski definition) is 3. The van der Waals surface area contributed by atoms with E-state index in [0.29, 0.717) is 12.8 Å². The van der Waals surface area contributed by atoms with Crippen LogP contribution >= 0.6 is 0 Å². The molecule has 0 rings (SSSR count). The fourth-order valence-electron chi connectivity index (χ4n) is 7.33. The molecule has 4 nitrogen and oxygen atoms in total. The number of unbranched alkanes of at least 4 members (excludes halogenated alkanes) is 32. The quantitative estimate of drug-likeness (QED) is 0.0432. The lowest BCUT2D eigenvalue weighted by Gasteiger charge is -2.22. The molecule has 52 heavy (non-hydrogen) atoms. The molecule has 0 aromatic rings.